The van der Waals surface area contributed by atoms with E-state index in [0.717, 1.165) is 0 Å². The van der Waals surface area contributed by atoms with Crippen molar-refractivity contribution in [3.63, 3.8) is 0 Å². The minimum atomic E-state index is -0.750. The van der Waals surface area contributed by atoms with Gasteiger partial charge in [-0.1, -0.05) is 19.1 Å². The highest BCUT2D eigenvalue weighted by Crippen LogP contribution is 2.22. The molecule has 1 aromatic heterocycles. The number of carbonyl (C=O) groups is 1. The van der Waals surface area contributed by atoms with Crippen LogP contribution in [0.15, 0.2) is 11.4 Å². The Morgan fingerprint density at radius 2 is 2.29 bits per heavy atom. The number of nitrogens with one attached hydrogen (secondary N) is 1. The van der Waals surface area contributed by atoms with Crippen molar-refractivity contribution in [2.45, 2.75) is 33.7 Å². The molecule has 0 fully saturated rings. The second-order valence-corrected chi connectivity index (χ2v) is 5.70. The molecular weight excluding hydrogens is 252 g/mol. The third kappa shape index (κ3) is 3.04. The molecule has 1 amide bonds. The Labute approximate surface area is 111 Å². The van der Waals surface area contributed by atoms with Gasteiger partial charge in [-0.15, -0.1) is 11.3 Å². The predicted molar refractivity (Wildman–Crippen MR) is 76.1 cm³/mol. The Balaban J connectivity index is 2.67. The third-order valence-corrected chi connectivity index (χ3v) is 4.60. The summed E-state index contributed by atoms with van der Waals surface area (Å²) in [6, 6.07) is 2.04. The Kier molecular flexibility index (Phi) is 4.65. The number of rotatable bonds is 5. The van der Waals surface area contributed by atoms with E-state index in [0.29, 0.717) is 13.0 Å². The zero-order valence-electron chi connectivity index (χ0n) is 10.4. The highest BCUT2D eigenvalue weighted by Gasteiger charge is 2.34. The molecule has 1 atom stereocenters. The van der Waals surface area contributed by atoms with E-state index in [2.05, 4.69) is 5.32 Å². The van der Waals surface area contributed by atoms with Gasteiger partial charge in [-0.2, -0.15) is 0 Å². The van der Waals surface area contributed by atoms with E-state index >= 15 is 0 Å². The smallest absolute Gasteiger partial charge is 0.233 e. The Morgan fingerprint density at radius 3 is 2.71 bits per heavy atom. The summed E-state index contributed by atoms with van der Waals surface area (Å²) < 4.78 is 0. The first-order valence-corrected chi connectivity index (χ1v) is 6.81. The largest absolute Gasteiger partial charge is 0.392 e. The minimum Gasteiger partial charge on any atom is -0.392 e. The fraction of sp³-hybridized carbons (Fsp3) is 0.500. The summed E-state index contributed by atoms with van der Waals surface area (Å²) in [5.41, 5.74) is 6.08. The standard InChI is InChI=1S/C12H18N2OS2/c1-4-12(3,10(13)16)11(15)14-7-9-8(2)5-6-17-9/h5-6H,4,7H2,1-3H3,(H2,13,16)(H,14,15). The molecule has 0 saturated heterocycles. The van der Waals surface area contributed by atoms with Gasteiger partial charge in [-0.3, -0.25) is 4.79 Å². The highest BCUT2D eigenvalue weighted by molar-refractivity contribution is 7.80. The number of aryl methyl sites for hydroxylation is 1. The van der Waals surface area contributed by atoms with E-state index in [9.17, 15) is 4.79 Å². The molecule has 0 aromatic carbocycles. The minimum absolute atomic E-state index is 0.0969. The molecular formula is C12H18N2OS2. The molecule has 0 aliphatic rings. The van der Waals surface area contributed by atoms with Crippen LogP contribution in [0.2, 0.25) is 0 Å². The molecule has 17 heavy (non-hydrogen) atoms. The molecule has 0 saturated carbocycles. The van der Waals surface area contributed by atoms with E-state index in [1.54, 1.807) is 18.3 Å². The van der Waals surface area contributed by atoms with Crippen molar-refractivity contribution in [2.75, 3.05) is 0 Å². The van der Waals surface area contributed by atoms with Gasteiger partial charge in [0.1, 0.15) is 0 Å². The van der Waals surface area contributed by atoms with Crippen LogP contribution in [0.3, 0.4) is 0 Å². The average Bonchev–Trinajstić information content (AvgIpc) is 2.70. The lowest BCUT2D eigenvalue weighted by Crippen LogP contribution is -2.46. The molecule has 1 unspecified atom stereocenters. The van der Waals surface area contributed by atoms with Crippen molar-refractivity contribution in [2.24, 2.45) is 11.1 Å². The van der Waals surface area contributed by atoms with Crippen LogP contribution in [0, 0.1) is 12.3 Å². The van der Waals surface area contributed by atoms with Crippen LogP contribution < -0.4 is 11.1 Å². The Morgan fingerprint density at radius 1 is 1.65 bits per heavy atom. The first-order valence-electron chi connectivity index (χ1n) is 5.53. The third-order valence-electron chi connectivity index (χ3n) is 3.13. The van der Waals surface area contributed by atoms with Gasteiger partial charge >= 0.3 is 0 Å². The lowest BCUT2D eigenvalue weighted by molar-refractivity contribution is -0.127. The lowest BCUT2D eigenvalue weighted by Gasteiger charge is -2.25. The fourth-order valence-corrected chi connectivity index (χ4v) is 2.47. The predicted octanol–water partition coefficient (Wildman–Crippen LogP) is 2.38. The highest BCUT2D eigenvalue weighted by atomic mass is 32.1. The monoisotopic (exact) mass is 270 g/mol. The Bertz CT molecular complexity index is 428. The van der Waals surface area contributed by atoms with Gasteiger partial charge in [0.2, 0.25) is 5.91 Å². The van der Waals surface area contributed by atoms with Crippen molar-refractivity contribution in [1.29, 1.82) is 0 Å². The average molecular weight is 270 g/mol. The van der Waals surface area contributed by atoms with Crippen LogP contribution in [0.4, 0.5) is 0 Å². The van der Waals surface area contributed by atoms with Gasteiger partial charge in [0.15, 0.2) is 0 Å². The Hall–Kier alpha value is -0.940. The molecule has 3 N–H and O–H groups in total. The van der Waals surface area contributed by atoms with Crippen LogP contribution >= 0.6 is 23.6 Å². The zero-order valence-corrected chi connectivity index (χ0v) is 12.0. The quantitative estimate of drug-likeness (QED) is 0.808. The van der Waals surface area contributed by atoms with E-state index in [1.807, 2.05) is 25.3 Å². The maximum absolute atomic E-state index is 12.1. The molecule has 94 valence electrons. The van der Waals surface area contributed by atoms with Crippen LogP contribution in [0.1, 0.15) is 30.7 Å². The molecule has 1 rings (SSSR count). The van der Waals surface area contributed by atoms with Crippen molar-refractivity contribution < 1.29 is 4.79 Å². The maximum atomic E-state index is 12.1. The van der Waals surface area contributed by atoms with Crippen LogP contribution in [-0.4, -0.2) is 10.9 Å². The molecule has 3 nitrogen and oxygen atoms in total. The second kappa shape index (κ2) is 5.60. The summed E-state index contributed by atoms with van der Waals surface area (Å²) in [5, 5.41) is 4.92. The number of nitrogens with two attached hydrogens (primary N) is 1. The van der Waals surface area contributed by atoms with Crippen LogP contribution in [0.25, 0.3) is 0 Å². The van der Waals surface area contributed by atoms with Gasteiger partial charge in [-0.05, 0) is 37.3 Å². The van der Waals surface area contributed by atoms with Crippen molar-refractivity contribution in [3.8, 4) is 0 Å². The van der Waals surface area contributed by atoms with E-state index in [4.69, 9.17) is 18.0 Å². The van der Waals surface area contributed by atoms with E-state index in [-0.39, 0.29) is 10.9 Å². The molecule has 5 heteroatoms. The SMILES string of the molecule is CCC(C)(C(=O)NCc1sccc1C)C(N)=S. The second-order valence-electron chi connectivity index (χ2n) is 4.26. The summed E-state index contributed by atoms with van der Waals surface area (Å²) in [7, 11) is 0. The van der Waals surface area contributed by atoms with Gasteiger partial charge in [0.05, 0.1) is 16.9 Å². The summed E-state index contributed by atoms with van der Waals surface area (Å²) in [4.78, 5) is 13.5. The summed E-state index contributed by atoms with van der Waals surface area (Å²) >= 11 is 6.60. The molecule has 0 bridgehead atoms. The summed E-state index contributed by atoms with van der Waals surface area (Å²) in [6.07, 6.45) is 0.609. The number of thiophene rings is 1. The molecule has 0 aliphatic heterocycles. The normalized spacial score (nSPS) is 14.1. The summed E-state index contributed by atoms with van der Waals surface area (Å²) in [6.45, 7) is 6.27. The van der Waals surface area contributed by atoms with Gasteiger partial charge < -0.3 is 11.1 Å². The molecule has 1 aromatic rings. The molecule has 1 heterocycles. The van der Waals surface area contributed by atoms with Crippen LogP contribution in [-0.2, 0) is 11.3 Å². The number of hydrogen-bond acceptors (Lipinski definition) is 3. The number of carbonyl (C=O) groups excluding carboxylic acids is 1. The van der Waals surface area contributed by atoms with Crippen LogP contribution in [0.5, 0.6) is 0 Å². The van der Waals surface area contributed by atoms with Gasteiger partial charge in [-0.25, -0.2) is 0 Å². The van der Waals surface area contributed by atoms with Crippen molar-refractivity contribution in [1.82, 2.24) is 5.32 Å². The lowest BCUT2D eigenvalue weighted by atomic mass is 9.86. The van der Waals surface area contributed by atoms with E-state index in [1.165, 1.54) is 10.4 Å². The number of thiocarbonyl (C=S) groups is 1. The molecule has 0 aliphatic carbocycles. The van der Waals surface area contributed by atoms with Gasteiger partial charge in [0, 0.05) is 4.88 Å². The zero-order chi connectivity index (χ0) is 13.1. The number of hydrogen-bond donors (Lipinski definition) is 2. The first-order chi connectivity index (χ1) is 7.91. The first kappa shape index (κ1) is 14.1. The van der Waals surface area contributed by atoms with Gasteiger partial charge in [0.25, 0.3) is 0 Å². The fourth-order valence-electron chi connectivity index (χ4n) is 1.39. The maximum Gasteiger partial charge on any atom is 0.233 e. The molecule has 0 radical (unpaired) electrons. The van der Waals surface area contributed by atoms with Crippen molar-refractivity contribution in [3.05, 3.63) is 21.9 Å². The van der Waals surface area contributed by atoms with Crippen molar-refractivity contribution >= 4 is 34.5 Å². The topological polar surface area (TPSA) is 55.1 Å². The number of amides is 1. The van der Waals surface area contributed by atoms with E-state index < -0.39 is 5.41 Å². The molecule has 0 spiro atoms. The summed E-state index contributed by atoms with van der Waals surface area (Å²) in [5.74, 6) is -0.0969.